The monoisotopic (exact) mass is 569 g/mol. The van der Waals surface area contributed by atoms with Gasteiger partial charge < -0.3 is 10.2 Å². The third kappa shape index (κ3) is 8.57. The van der Waals surface area contributed by atoms with Gasteiger partial charge in [0.2, 0.25) is 21.8 Å². The first-order valence-corrected chi connectivity index (χ1v) is 15.1. The van der Waals surface area contributed by atoms with Crippen molar-refractivity contribution in [2.75, 3.05) is 17.1 Å². The first-order valence-electron chi connectivity index (χ1n) is 12.9. The molecule has 0 bridgehead atoms. The van der Waals surface area contributed by atoms with Gasteiger partial charge in [-0.05, 0) is 49.1 Å². The molecule has 0 heterocycles. The van der Waals surface area contributed by atoms with Crippen molar-refractivity contribution in [3.8, 4) is 0 Å². The summed E-state index contributed by atoms with van der Waals surface area (Å²) in [7, 11) is -3.86. The maximum absolute atomic E-state index is 14.1. The van der Waals surface area contributed by atoms with Crippen molar-refractivity contribution in [3.05, 3.63) is 101 Å². The van der Waals surface area contributed by atoms with Crippen molar-refractivity contribution in [1.29, 1.82) is 0 Å². The minimum Gasteiger partial charge on any atom is -0.352 e. The fourth-order valence-corrected chi connectivity index (χ4v) is 5.29. The standard InChI is InChI=1S/C30H36ClN3O4S/c1-5-23(3)32-30(36)28(18-24-12-8-6-9-13-24)33(20-25-14-10-7-11-15-25)29(35)21-34(39(4,37)38)27-19-26(31)17-16-22(27)2/h6-17,19,23,28H,5,18,20-21H2,1-4H3,(H,32,36). The highest BCUT2D eigenvalue weighted by atomic mass is 35.5. The van der Waals surface area contributed by atoms with E-state index in [1.54, 1.807) is 19.1 Å². The normalized spacial score (nSPS) is 12.8. The molecule has 1 N–H and O–H groups in total. The van der Waals surface area contributed by atoms with Crippen molar-refractivity contribution in [2.24, 2.45) is 0 Å². The largest absolute Gasteiger partial charge is 0.352 e. The molecule has 0 aliphatic heterocycles. The van der Waals surface area contributed by atoms with Crippen molar-refractivity contribution >= 4 is 39.1 Å². The van der Waals surface area contributed by atoms with Gasteiger partial charge in [0.15, 0.2) is 0 Å². The molecule has 0 saturated heterocycles. The molecule has 0 aliphatic rings. The second-order valence-corrected chi connectivity index (χ2v) is 12.1. The van der Waals surface area contributed by atoms with Crippen LogP contribution in [0.5, 0.6) is 0 Å². The molecule has 208 valence electrons. The average molecular weight is 570 g/mol. The SMILES string of the molecule is CCC(C)NC(=O)C(Cc1ccccc1)N(Cc1ccccc1)C(=O)CN(c1cc(Cl)ccc1C)S(C)(=O)=O. The van der Waals surface area contributed by atoms with E-state index in [2.05, 4.69) is 5.32 Å². The molecule has 3 aromatic carbocycles. The van der Waals surface area contributed by atoms with Gasteiger partial charge in [0.25, 0.3) is 0 Å². The van der Waals surface area contributed by atoms with E-state index >= 15 is 0 Å². The smallest absolute Gasteiger partial charge is 0.244 e. The van der Waals surface area contributed by atoms with Gasteiger partial charge in [0.1, 0.15) is 12.6 Å². The maximum Gasteiger partial charge on any atom is 0.244 e. The van der Waals surface area contributed by atoms with E-state index in [0.717, 1.165) is 28.1 Å². The Hall–Kier alpha value is -3.36. The van der Waals surface area contributed by atoms with Gasteiger partial charge in [-0.1, -0.05) is 85.3 Å². The fraction of sp³-hybridized carbons (Fsp3) is 0.333. The first-order chi connectivity index (χ1) is 18.5. The molecule has 2 atom stereocenters. The molecule has 3 aromatic rings. The molecule has 0 spiro atoms. The molecule has 3 rings (SSSR count). The second kappa shape index (κ2) is 13.6. The van der Waals surface area contributed by atoms with Crippen molar-refractivity contribution in [2.45, 2.75) is 52.2 Å². The number of amides is 2. The molecule has 0 fully saturated rings. The van der Waals surface area contributed by atoms with E-state index in [4.69, 9.17) is 11.6 Å². The Labute approximate surface area is 236 Å². The van der Waals surface area contributed by atoms with Gasteiger partial charge in [-0.2, -0.15) is 0 Å². The predicted molar refractivity (Wildman–Crippen MR) is 157 cm³/mol. The summed E-state index contributed by atoms with van der Waals surface area (Å²) in [6, 6.07) is 22.8. The van der Waals surface area contributed by atoms with Crippen LogP contribution in [0.4, 0.5) is 5.69 Å². The third-order valence-electron chi connectivity index (χ3n) is 6.59. The highest BCUT2D eigenvalue weighted by Gasteiger charge is 2.33. The molecule has 39 heavy (non-hydrogen) atoms. The number of rotatable bonds is 12. The summed E-state index contributed by atoms with van der Waals surface area (Å²) in [6.45, 7) is 5.30. The lowest BCUT2D eigenvalue weighted by Gasteiger charge is -2.34. The summed E-state index contributed by atoms with van der Waals surface area (Å²) in [6.07, 6.45) is 2.06. The third-order valence-corrected chi connectivity index (χ3v) is 7.95. The number of hydrogen-bond acceptors (Lipinski definition) is 4. The number of nitrogens with zero attached hydrogens (tertiary/aromatic N) is 2. The summed E-state index contributed by atoms with van der Waals surface area (Å²) in [5, 5.41) is 3.38. The zero-order valence-electron chi connectivity index (χ0n) is 22.8. The molecule has 2 unspecified atom stereocenters. The van der Waals surface area contributed by atoms with Crippen LogP contribution in [0, 0.1) is 6.92 Å². The van der Waals surface area contributed by atoms with Gasteiger partial charge >= 0.3 is 0 Å². The summed E-state index contributed by atoms with van der Waals surface area (Å²) in [4.78, 5) is 29.2. The van der Waals surface area contributed by atoms with E-state index in [0.29, 0.717) is 16.3 Å². The van der Waals surface area contributed by atoms with E-state index < -0.39 is 28.5 Å². The number of carbonyl (C=O) groups excluding carboxylic acids is 2. The highest BCUT2D eigenvalue weighted by Crippen LogP contribution is 2.27. The fourth-order valence-electron chi connectivity index (χ4n) is 4.22. The molecule has 0 aliphatic carbocycles. The van der Waals surface area contributed by atoms with Crippen LogP contribution in [-0.2, 0) is 32.6 Å². The van der Waals surface area contributed by atoms with Gasteiger partial charge in [-0.15, -0.1) is 0 Å². The lowest BCUT2D eigenvalue weighted by molar-refractivity contribution is -0.140. The molecule has 0 radical (unpaired) electrons. The van der Waals surface area contributed by atoms with Gasteiger partial charge in [0, 0.05) is 24.0 Å². The van der Waals surface area contributed by atoms with Crippen LogP contribution in [0.2, 0.25) is 5.02 Å². The molecule has 0 saturated carbocycles. The van der Waals surface area contributed by atoms with Crippen LogP contribution in [-0.4, -0.2) is 50.0 Å². The molecule has 0 aromatic heterocycles. The summed E-state index contributed by atoms with van der Waals surface area (Å²) in [5.41, 5.74) is 2.69. The number of hydrogen-bond donors (Lipinski definition) is 1. The van der Waals surface area contributed by atoms with Crippen molar-refractivity contribution in [1.82, 2.24) is 10.2 Å². The van der Waals surface area contributed by atoms with E-state index in [1.807, 2.05) is 74.5 Å². The van der Waals surface area contributed by atoms with Gasteiger partial charge in [0.05, 0.1) is 11.9 Å². The Morgan fingerprint density at radius 1 is 0.949 bits per heavy atom. The van der Waals surface area contributed by atoms with E-state index in [1.165, 1.54) is 11.0 Å². The molecule has 7 nitrogen and oxygen atoms in total. The van der Waals surface area contributed by atoms with Crippen LogP contribution in [0.15, 0.2) is 78.9 Å². The van der Waals surface area contributed by atoms with Gasteiger partial charge in [-0.25, -0.2) is 8.42 Å². The Kier molecular flexibility index (Phi) is 10.5. The summed E-state index contributed by atoms with van der Waals surface area (Å²) in [5.74, 6) is -0.786. The van der Waals surface area contributed by atoms with E-state index in [-0.39, 0.29) is 24.9 Å². The minimum absolute atomic E-state index is 0.0916. The molecular weight excluding hydrogens is 534 g/mol. The summed E-state index contributed by atoms with van der Waals surface area (Å²) >= 11 is 6.19. The first kappa shape index (κ1) is 30.2. The van der Waals surface area contributed by atoms with Crippen LogP contribution in [0.1, 0.15) is 37.0 Å². The van der Waals surface area contributed by atoms with E-state index in [9.17, 15) is 18.0 Å². The van der Waals surface area contributed by atoms with Crippen LogP contribution in [0.3, 0.4) is 0 Å². The molecule has 9 heteroatoms. The number of nitrogens with one attached hydrogen (secondary N) is 1. The maximum atomic E-state index is 14.1. The lowest BCUT2D eigenvalue weighted by Crippen LogP contribution is -2.54. The molecule has 2 amide bonds. The zero-order chi connectivity index (χ0) is 28.6. The van der Waals surface area contributed by atoms with Gasteiger partial charge in [-0.3, -0.25) is 13.9 Å². The average Bonchev–Trinajstić information content (AvgIpc) is 2.91. The quantitative estimate of drug-likeness (QED) is 0.334. The van der Waals surface area contributed by atoms with Crippen molar-refractivity contribution < 1.29 is 18.0 Å². The Balaban J connectivity index is 2.06. The number of anilines is 1. The predicted octanol–water partition coefficient (Wildman–Crippen LogP) is 4.97. The Morgan fingerprint density at radius 2 is 1.54 bits per heavy atom. The zero-order valence-corrected chi connectivity index (χ0v) is 24.4. The second-order valence-electron chi connectivity index (χ2n) is 9.73. The minimum atomic E-state index is -3.86. The van der Waals surface area contributed by atoms with Crippen LogP contribution in [0.25, 0.3) is 0 Å². The van der Waals surface area contributed by atoms with Crippen LogP contribution < -0.4 is 9.62 Å². The van der Waals surface area contributed by atoms with Crippen molar-refractivity contribution in [3.63, 3.8) is 0 Å². The topological polar surface area (TPSA) is 86.8 Å². The number of halogens is 1. The Morgan fingerprint density at radius 3 is 2.10 bits per heavy atom. The number of benzene rings is 3. The highest BCUT2D eigenvalue weighted by molar-refractivity contribution is 7.92. The number of carbonyl (C=O) groups is 2. The number of sulfonamides is 1. The Bertz CT molecular complexity index is 1370. The number of aryl methyl sites for hydroxylation is 1. The summed E-state index contributed by atoms with van der Waals surface area (Å²) < 4.78 is 26.9. The lowest BCUT2D eigenvalue weighted by atomic mass is 10.0. The molecular formula is C30H36ClN3O4S. The van der Waals surface area contributed by atoms with Crippen LogP contribution >= 0.6 is 11.6 Å².